The molecule has 6 heteroatoms. The second-order valence-corrected chi connectivity index (χ2v) is 6.86. The number of aromatic nitrogens is 2. The highest BCUT2D eigenvalue weighted by atomic mass is 35.5. The van der Waals surface area contributed by atoms with Crippen molar-refractivity contribution < 1.29 is 4.79 Å². The van der Waals surface area contributed by atoms with E-state index in [4.69, 9.17) is 11.6 Å². The van der Waals surface area contributed by atoms with Crippen molar-refractivity contribution in [2.75, 3.05) is 13.1 Å². The van der Waals surface area contributed by atoms with Gasteiger partial charge in [-0.2, -0.15) is 5.10 Å². The Bertz CT molecular complexity index is 734. The van der Waals surface area contributed by atoms with Crippen LogP contribution >= 0.6 is 11.6 Å². The molecule has 0 spiro atoms. The van der Waals surface area contributed by atoms with Crippen LogP contribution in [-0.4, -0.2) is 29.2 Å². The van der Waals surface area contributed by atoms with Crippen molar-refractivity contribution >= 4 is 17.5 Å². The maximum absolute atomic E-state index is 12.5. The molecule has 0 radical (unpaired) electrons. The number of benzene rings is 1. The Balaban J connectivity index is 1.46. The molecule has 1 aromatic carbocycles. The summed E-state index contributed by atoms with van der Waals surface area (Å²) >= 11 is 5.96. The monoisotopic (exact) mass is 330 g/mol. The van der Waals surface area contributed by atoms with E-state index in [1.165, 1.54) is 5.56 Å². The van der Waals surface area contributed by atoms with E-state index in [1.807, 2.05) is 12.1 Å². The number of carbonyl (C=O) groups excluding carboxylic acids is 1. The van der Waals surface area contributed by atoms with E-state index in [0.29, 0.717) is 18.8 Å². The van der Waals surface area contributed by atoms with Crippen LogP contribution in [0.2, 0.25) is 5.02 Å². The number of H-pyrrole nitrogens is 1. The maximum atomic E-state index is 12.5. The number of rotatable bonds is 4. The van der Waals surface area contributed by atoms with E-state index in [2.05, 4.69) is 33.0 Å². The van der Waals surface area contributed by atoms with Crippen LogP contribution in [0.5, 0.6) is 0 Å². The fourth-order valence-corrected chi connectivity index (χ4v) is 3.39. The van der Waals surface area contributed by atoms with Crippen LogP contribution < -0.4 is 10.6 Å². The Morgan fingerprint density at radius 1 is 1.30 bits per heavy atom. The molecule has 2 heterocycles. The molecule has 0 bridgehead atoms. The Hall–Kier alpha value is -1.85. The third kappa shape index (κ3) is 2.75. The minimum Gasteiger partial charge on any atom is -0.350 e. The fourth-order valence-electron chi connectivity index (χ4n) is 3.27. The molecule has 1 aliphatic carbocycles. The Kier molecular flexibility index (Phi) is 3.62. The van der Waals surface area contributed by atoms with E-state index >= 15 is 0 Å². The second kappa shape index (κ2) is 5.65. The topological polar surface area (TPSA) is 69.8 Å². The van der Waals surface area contributed by atoms with Gasteiger partial charge in [0.2, 0.25) is 0 Å². The number of aromatic amines is 1. The smallest absolute Gasteiger partial charge is 0.272 e. The highest BCUT2D eigenvalue weighted by Crippen LogP contribution is 2.47. The number of nitrogens with one attached hydrogen (secondary N) is 3. The standard InChI is InChI=1S/C17H19ClN4O/c18-12-3-1-11(2-4-12)17(6-7-17)10-20-16(23)15-13-9-19-8-5-14(13)21-22-15/h1-4,19H,5-10H2,(H,20,23)(H,21,22). The normalized spacial score (nSPS) is 18.3. The van der Waals surface area contributed by atoms with Crippen LogP contribution in [0.1, 0.15) is 40.2 Å². The van der Waals surface area contributed by atoms with Gasteiger partial charge in [-0.1, -0.05) is 23.7 Å². The SMILES string of the molecule is O=C(NCC1(c2ccc(Cl)cc2)CC1)c1n[nH]c2c1CNCC2. The summed E-state index contributed by atoms with van der Waals surface area (Å²) in [6.45, 7) is 2.27. The van der Waals surface area contributed by atoms with Crippen molar-refractivity contribution in [3.63, 3.8) is 0 Å². The largest absolute Gasteiger partial charge is 0.350 e. The molecule has 120 valence electrons. The van der Waals surface area contributed by atoms with Gasteiger partial charge < -0.3 is 10.6 Å². The van der Waals surface area contributed by atoms with Crippen LogP contribution in [0.3, 0.4) is 0 Å². The number of halogens is 1. The first kappa shape index (κ1) is 14.7. The molecule has 2 aromatic rings. The van der Waals surface area contributed by atoms with Crippen LogP contribution in [0.25, 0.3) is 0 Å². The van der Waals surface area contributed by atoms with E-state index in [1.54, 1.807) is 0 Å². The van der Waals surface area contributed by atoms with Gasteiger partial charge in [0.05, 0.1) is 0 Å². The molecule has 1 amide bonds. The molecule has 1 aliphatic heterocycles. The average Bonchev–Trinajstić information content (AvgIpc) is 3.24. The number of carbonyl (C=O) groups is 1. The molecule has 5 nitrogen and oxygen atoms in total. The number of hydrogen-bond acceptors (Lipinski definition) is 3. The third-order valence-electron chi connectivity index (χ3n) is 4.92. The molecule has 2 aliphatic rings. The summed E-state index contributed by atoms with van der Waals surface area (Å²) < 4.78 is 0. The van der Waals surface area contributed by atoms with Gasteiger partial charge in [-0.3, -0.25) is 9.89 Å². The van der Waals surface area contributed by atoms with Gasteiger partial charge in [0.25, 0.3) is 5.91 Å². The van der Waals surface area contributed by atoms with Gasteiger partial charge in [-0.05, 0) is 30.5 Å². The Morgan fingerprint density at radius 2 is 2.09 bits per heavy atom. The van der Waals surface area contributed by atoms with Gasteiger partial charge in [-0.25, -0.2) is 0 Å². The molecule has 3 N–H and O–H groups in total. The van der Waals surface area contributed by atoms with Crippen molar-refractivity contribution in [1.29, 1.82) is 0 Å². The third-order valence-corrected chi connectivity index (χ3v) is 5.17. The lowest BCUT2D eigenvalue weighted by atomic mass is 9.96. The molecular formula is C17H19ClN4O. The van der Waals surface area contributed by atoms with Crippen LogP contribution in [0.15, 0.2) is 24.3 Å². The van der Waals surface area contributed by atoms with E-state index in [-0.39, 0.29) is 11.3 Å². The first-order chi connectivity index (χ1) is 11.2. The van der Waals surface area contributed by atoms with Crippen LogP contribution in [0, 0.1) is 0 Å². The van der Waals surface area contributed by atoms with Crippen molar-refractivity contribution in [2.24, 2.45) is 0 Å². The number of fused-ring (bicyclic) bond motifs is 1. The zero-order valence-corrected chi connectivity index (χ0v) is 13.5. The summed E-state index contributed by atoms with van der Waals surface area (Å²) in [7, 11) is 0. The molecule has 1 saturated carbocycles. The van der Waals surface area contributed by atoms with Gasteiger partial charge in [0.15, 0.2) is 5.69 Å². The van der Waals surface area contributed by atoms with Crippen LogP contribution in [0.4, 0.5) is 0 Å². The highest BCUT2D eigenvalue weighted by Gasteiger charge is 2.44. The lowest BCUT2D eigenvalue weighted by Gasteiger charge is -2.17. The average molecular weight is 331 g/mol. The fraction of sp³-hybridized carbons (Fsp3) is 0.412. The summed E-state index contributed by atoms with van der Waals surface area (Å²) in [5, 5.41) is 14.3. The summed E-state index contributed by atoms with van der Waals surface area (Å²) in [5.74, 6) is -0.0913. The highest BCUT2D eigenvalue weighted by molar-refractivity contribution is 6.30. The predicted octanol–water partition coefficient (Wildman–Crippen LogP) is 2.17. The maximum Gasteiger partial charge on any atom is 0.272 e. The van der Waals surface area contributed by atoms with Crippen molar-refractivity contribution in [1.82, 2.24) is 20.8 Å². The summed E-state index contributed by atoms with van der Waals surface area (Å²) in [6.07, 6.45) is 3.08. The zero-order valence-electron chi connectivity index (χ0n) is 12.8. The number of amides is 1. The Labute approximate surface area is 139 Å². The number of nitrogens with zero attached hydrogens (tertiary/aromatic N) is 1. The number of hydrogen-bond donors (Lipinski definition) is 3. The van der Waals surface area contributed by atoms with E-state index in [0.717, 1.165) is 42.1 Å². The minimum absolute atomic E-state index is 0.0644. The predicted molar refractivity (Wildman–Crippen MR) is 88.7 cm³/mol. The first-order valence-corrected chi connectivity index (χ1v) is 8.37. The molecule has 0 atom stereocenters. The molecule has 4 rings (SSSR count). The van der Waals surface area contributed by atoms with Crippen molar-refractivity contribution in [2.45, 2.75) is 31.2 Å². The van der Waals surface area contributed by atoms with Gasteiger partial charge in [-0.15, -0.1) is 0 Å². The summed E-state index contributed by atoms with van der Waals surface area (Å²) in [5.41, 5.74) is 3.92. The van der Waals surface area contributed by atoms with Crippen molar-refractivity contribution in [3.05, 3.63) is 51.8 Å². The summed E-state index contributed by atoms with van der Waals surface area (Å²) in [6, 6.07) is 7.94. The second-order valence-electron chi connectivity index (χ2n) is 6.43. The molecule has 1 fully saturated rings. The quantitative estimate of drug-likeness (QED) is 0.804. The first-order valence-electron chi connectivity index (χ1n) is 7.99. The summed E-state index contributed by atoms with van der Waals surface area (Å²) in [4.78, 5) is 12.5. The van der Waals surface area contributed by atoms with E-state index < -0.39 is 0 Å². The van der Waals surface area contributed by atoms with Crippen molar-refractivity contribution in [3.8, 4) is 0 Å². The zero-order chi connectivity index (χ0) is 15.9. The molecular weight excluding hydrogens is 312 g/mol. The lowest BCUT2D eigenvalue weighted by molar-refractivity contribution is 0.0943. The minimum atomic E-state index is -0.0913. The Morgan fingerprint density at radius 3 is 2.83 bits per heavy atom. The lowest BCUT2D eigenvalue weighted by Crippen LogP contribution is -2.34. The molecule has 1 aromatic heterocycles. The molecule has 0 saturated heterocycles. The molecule has 0 unspecified atom stereocenters. The molecule has 23 heavy (non-hydrogen) atoms. The van der Waals surface area contributed by atoms with Gasteiger partial charge >= 0.3 is 0 Å². The van der Waals surface area contributed by atoms with Gasteiger partial charge in [0, 0.05) is 47.8 Å². The van der Waals surface area contributed by atoms with Crippen LogP contribution in [-0.2, 0) is 18.4 Å². The van der Waals surface area contributed by atoms with Gasteiger partial charge in [0.1, 0.15) is 0 Å². The van der Waals surface area contributed by atoms with E-state index in [9.17, 15) is 4.79 Å².